The molecule has 0 amide bonds. The molecule has 0 aliphatic carbocycles. The topological polar surface area (TPSA) is 26.3 Å². The zero-order valence-electron chi connectivity index (χ0n) is 11.9. The van der Waals surface area contributed by atoms with Gasteiger partial charge in [-0.15, -0.1) is 0 Å². The first-order chi connectivity index (χ1) is 10.8. The van der Waals surface area contributed by atoms with Crippen LogP contribution < -0.4 is 0 Å². The molecular formula is C20H14O2. The number of rotatable bonds is 1. The van der Waals surface area contributed by atoms with Crippen molar-refractivity contribution in [3.05, 3.63) is 95.6 Å². The summed E-state index contributed by atoms with van der Waals surface area (Å²) in [7, 11) is 0. The Kier molecular flexibility index (Phi) is 3.01. The molecule has 106 valence electrons. The summed E-state index contributed by atoms with van der Waals surface area (Å²) in [4.78, 5) is 12.5. The standard InChI is InChI=1S/C20H14O2/c21-20-18-13-7-5-11-16(18)15-10-4-6-12-17(15)19(22-20)14-8-2-1-3-9-14/h1-13,19H. The molecule has 1 aliphatic heterocycles. The lowest BCUT2D eigenvalue weighted by Gasteiger charge is -2.18. The molecule has 0 saturated heterocycles. The number of carbonyl (C=O) groups excluding carboxylic acids is 1. The summed E-state index contributed by atoms with van der Waals surface area (Å²) in [5.74, 6) is -0.277. The van der Waals surface area contributed by atoms with Gasteiger partial charge in [0.2, 0.25) is 0 Å². The van der Waals surface area contributed by atoms with Crippen LogP contribution in [0.3, 0.4) is 0 Å². The Morgan fingerprint density at radius 3 is 2.00 bits per heavy atom. The number of benzene rings is 3. The van der Waals surface area contributed by atoms with Gasteiger partial charge in [-0.25, -0.2) is 4.79 Å². The summed E-state index contributed by atoms with van der Waals surface area (Å²) >= 11 is 0. The third-order valence-electron chi connectivity index (χ3n) is 4.01. The van der Waals surface area contributed by atoms with Gasteiger partial charge in [0, 0.05) is 5.56 Å². The van der Waals surface area contributed by atoms with E-state index in [9.17, 15) is 4.79 Å². The minimum atomic E-state index is -0.378. The predicted molar refractivity (Wildman–Crippen MR) is 85.6 cm³/mol. The van der Waals surface area contributed by atoms with Gasteiger partial charge in [0.25, 0.3) is 0 Å². The maximum Gasteiger partial charge on any atom is 0.339 e. The van der Waals surface area contributed by atoms with E-state index in [1.54, 1.807) is 0 Å². The van der Waals surface area contributed by atoms with E-state index in [0.29, 0.717) is 5.56 Å². The Morgan fingerprint density at radius 1 is 0.636 bits per heavy atom. The van der Waals surface area contributed by atoms with Crippen LogP contribution in [0, 0.1) is 0 Å². The molecule has 1 atom stereocenters. The number of cyclic esters (lactones) is 1. The highest BCUT2D eigenvalue weighted by Crippen LogP contribution is 2.39. The van der Waals surface area contributed by atoms with E-state index < -0.39 is 0 Å². The van der Waals surface area contributed by atoms with Crippen molar-refractivity contribution >= 4 is 5.97 Å². The monoisotopic (exact) mass is 286 g/mol. The summed E-state index contributed by atoms with van der Waals surface area (Å²) in [6, 6.07) is 25.5. The van der Waals surface area contributed by atoms with E-state index in [4.69, 9.17) is 4.74 Å². The third kappa shape index (κ3) is 2.01. The maximum atomic E-state index is 12.5. The van der Waals surface area contributed by atoms with Crippen molar-refractivity contribution in [2.75, 3.05) is 0 Å². The highest BCUT2D eigenvalue weighted by molar-refractivity contribution is 5.99. The average Bonchev–Trinajstić information content (AvgIpc) is 2.72. The molecule has 0 fully saturated rings. The van der Waals surface area contributed by atoms with Crippen LogP contribution in [0.25, 0.3) is 11.1 Å². The molecule has 1 heterocycles. The van der Waals surface area contributed by atoms with E-state index in [0.717, 1.165) is 22.3 Å². The Bertz CT molecular complexity index is 837. The SMILES string of the molecule is O=C1OC(c2ccccc2)c2ccccc2-c2ccccc21. The maximum absolute atomic E-state index is 12.5. The van der Waals surface area contributed by atoms with Gasteiger partial charge in [-0.1, -0.05) is 72.8 Å². The second kappa shape index (κ2) is 5.15. The smallest absolute Gasteiger partial charge is 0.339 e. The molecule has 0 radical (unpaired) electrons. The van der Waals surface area contributed by atoms with E-state index >= 15 is 0 Å². The average molecular weight is 286 g/mol. The Balaban J connectivity index is 1.97. The summed E-state index contributed by atoms with van der Waals surface area (Å²) in [5, 5.41) is 0. The first-order valence-electron chi connectivity index (χ1n) is 7.29. The van der Waals surface area contributed by atoms with Gasteiger partial charge in [0.1, 0.15) is 0 Å². The van der Waals surface area contributed by atoms with Gasteiger partial charge in [-0.2, -0.15) is 0 Å². The number of hydrogen-bond donors (Lipinski definition) is 0. The molecule has 0 saturated carbocycles. The number of carbonyl (C=O) groups is 1. The molecule has 2 heteroatoms. The first kappa shape index (κ1) is 12.8. The van der Waals surface area contributed by atoms with Crippen LogP contribution in [0.15, 0.2) is 78.9 Å². The molecule has 3 aromatic carbocycles. The molecule has 0 N–H and O–H groups in total. The largest absolute Gasteiger partial charge is 0.449 e. The van der Waals surface area contributed by atoms with Crippen molar-refractivity contribution in [2.24, 2.45) is 0 Å². The second-order valence-corrected chi connectivity index (χ2v) is 5.33. The fraction of sp³-hybridized carbons (Fsp3) is 0.0500. The summed E-state index contributed by atoms with van der Waals surface area (Å²) in [5.41, 5.74) is 4.61. The van der Waals surface area contributed by atoms with E-state index in [1.807, 2.05) is 78.9 Å². The number of hydrogen-bond acceptors (Lipinski definition) is 2. The van der Waals surface area contributed by atoms with Crippen LogP contribution in [0.4, 0.5) is 0 Å². The Morgan fingerprint density at radius 2 is 1.23 bits per heavy atom. The summed E-state index contributed by atoms with van der Waals surface area (Å²) in [6.45, 7) is 0. The van der Waals surface area contributed by atoms with Gasteiger partial charge in [0.05, 0.1) is 5.56 Å². The van der Waals surface area contributed by atoms with Gasteiger partial charge in [-0.3, -0.25) is 0 Å². The number of ether oxygens (including phenoxy) is 1. The summed E-state index contributed by atoms with van der Waals surface area (Å²) < 4.78 is 5.81. The van der Waals surface area contributed by atoms with Crippen LogP contribution in [0.5, 0.6) is 0 Å². The van der Waals surface area contributed by atoms with Crippen molar-refractivity contribution < 1.29 is 9.53 Å². The molecule has 22 heavy (non-hydrogen) atoms. The number of esters is 1. The highest BCUT2D eigenvalue weighted by atomic mass is 16.5. The molecule has 3 aromatic rings. The van der Waals surface area contributed by atoms with Gasteiger partial charge < -0.3 is 4.74 Å². The molecule has 0 spiro atoms. The molecular weight excluding hydrogens is 272 g/mol. The van der Waals surface area contributed by atoms with E-state index in [1.165, 1.54) is 0 Å². The van der Waals surface area contributed by atoms with E-state index in [2.05, 4.69) is 0 Å². The molecule has 1 aliphatic rings. The van der Waals surface area contributed by atoms with Crippen molar-refractivity contribution in [2.45, 2.75) is 6.10 Å². The van der Waals surface area contributed by atoms with Crippen LogP contribution in [-0.4, -0.2) is 5.97 Å². The lowest BCUT2D eigenvalue weighted by Crippen LogP contribution is -2.10. The van der Waals surface area contributed by atoms with Crippen molar-refractivity contribution in [3.8, 4) is 11.1 Å². The lowest BCUT2D eigenvalue weighted by atomic mass is 9.92. The van der Waals surface area contributed by atoms with Crippen molar-refractivity contribution in [1.29, 1.82) is 0 Å². The quantitative estimate of drug-likeness (QED) is 0.610. The minimum Gasteiger partial charge on any atom is -0.449 e. The zero-order chi connectivity index (χ0) is 14.9. The predicted octanol–water partition coefficient (Wildman–Crippen LogP) is 4.61. The Labute approximate surface area is 129 Å². The molecule has 1 unspecified atom stereocenters. The molecule has 4 rings (SSSR count). The zero-order valence-corrected chi connectivity index (χ0v) is 11.9. The second-order valence-electron chi connectivity index (χ2n) is 5.33. The number of fused-ring (bicyclic) bond motifs is 3. The van der Waals surface area contributed by atoms with E-state index in [-0.39, 0.29) is 12.1 Å². The van der Waals surface area contributed by atoms with Gasteiger partial charge >= 0.3 is 5.97 Å². The summed E-state index contributed by atoms with van der Waals surface area (Å²) in [6.07, 6.45) is -0.378. The van der Waals surface area contributed by atoms with Crippen LogP contribution in [0.1, 0.15) is 27.6 Å². The molecule has 2 nitrogen and oxygen atoms in total. The van der Waals surface area contributed by atoms with Gasteiger partial charge in [-0.05, 0) is 22.8 Å². The van der Waals surface area contributed by atoms with Crippen molar-refractivity contribution in [3.63, 3.8) is 0 Å². The molecule has 0 aromatic heterocycles. The van der Waals surface area contributed by atoms with Crippen LogP contribution >= 0.6 is 0 Å². The first-order valence-corrected chi connectivity index (χ1v) is 7.29. The Hall–Kier alpha value is -2.87. The van der Waals surface area contributed by atoms with Gasteiger partial charge in [0.15, 0.2) is 6.10 Å². The van der Waals surface area contributed by atoms with Crippen LogP contribution in [0.2, 0.25) is 0 Å². The molecule has 0 bridgehead atoms. The minimum absolute atomic E-state index is 0.277. The fourth-order valence-electron chi connectivity index (χ4n) is 2.98. The van der Waals surface area contributed by atoms with Crippen molar-refractivity contribution in [1.82, 2.24) is 0 Å². The fourth-order valence-corrected chi connectivity index (χ4v) is 2.98. The lowest BCUT2D eigenvalue weighted by molar-refractivity contribution is 0.0385. The normalized spacial score (nSPS) is 16.2. The third-order valence-corrected chi connectivity index (χ3v) is 4.01. The van der Waals surface area contributed by atoms with Crippen LogP contribution in [-0.2, 0) is 4.74 Å². The highest BCUT2D eigenvalue weighted by Gasteiger charge is 2.28.